The molecule has 3 unspecified atom stereocenters. The molecule has 0 radical (unpaired) electrons. The molecule has 0 spiro atoms. The lowest BCUT2D eigenvalue weighted by molar-refractivity contribution is -0.161. The number of amides is 1. The van der Waals surface area contributed by atoms with Crippen LogP contribution in [0.3, 0.4) is 0 Å². The molecular weight excluding hydrogens is 232 g/mol. The topological polar surface area (TPSA) is 50.8 Å². The Morgan fingerprint density at radius 2 is 2.17 bits per heavy atom. The van der Waals surface area contributed by atoms with Crippen LogP contribution in [0.25, 0.3) is 0 Å². The maximum atomic E-state index is 12.5. The summed E-state index contributed by atoms with van der Waals surface area (Å²) in [4.78, 5) is 14.5. The number of piperazine rings is 1. The van der Waals surface area contributed by atoms with Gasteiger partial charge in [-0.2, -0.15) is 0 Å². The monoisotopic (exact) mass is 256 g/mol. The molecule has 2 fully saturated rings. The standard InChI is InChI=1S/C13H24N2O3/c1-3-10-8-15(11(4-2)7-14-10)13(16)12-9-17-5-6-18-12/h10-12,14H,3-9H2,1-2H3. The van der Waals surface area contributed by atoms with Crippen molar-refractivity contribution in [3.63, 3.8) is 0 Å². The summed E-state index contributed by atoms with van der Waals surface area (Å²) < 4.78 is 10.8. The summed E-state index contributed by atoms with van der Waals surface area (Å²) in [6.45, 7) is 7.46. The van der Waals surface area contributed by atoms with Crippen molar-refractivity contribution >= 4 is 5.91 Å². The van der Waals surface area contributed by atoms with Crippen molar-refractivity contribution in [3.05, 3.63) is 0 Å². The van der Waals surface area contributed by atoms with Gasteiger partial charge in [-0.05, 0) is 12.8 Å². The molecule has 2 heterocycles. The summed E-state index contributed by atoms with van der Waals surface area (Å²) >= 11 is 0. The molecule has 5 nitrogen and oxygen atoms in total. The van der Waals surface area contributed by atoms with Gasteiger partial charge in [0.1, 0.15) is 0 Å². The van der Waals surface area contributed by atoms with E-state index in [4.69, 9.17) is 9.47 Å². The zero-order valence-electron chi connectivity index (χ0n) is 11.4. The van der Waals surface area contributed by atoms with Crippen LogP contribution in [0.15, 0.2) is 0 Å². The maximum Gasteiger partial charge on any atom is 0.254 e. The Kier molecular flexibility index (Phi) is 4.97. The number of carbonyl (C=O) groups is 1. The van der Waals surface area contributed by atoms with E-state index >= 15 is 0 Å². The lowest BCUT2D eigenvalue weighted by Gasteiger charge is -2.41. The molecule has 0 saturated carbocycles. The minimum Gasteiger partial charge on any atom is -0.376 e. The average Bonchev–Trinajstić information content (AvgIpc) is 2.46. The van der Waals surface area contributed by atoms with E-state index in [1.165, 1.54) is 0 Å². The fourth-order valence-corrected chi connectivity index (χ4v) is 2.59. The van der Waals surface area contributed by atoms with E-state index in [0.717, 1.165) is 25.9 Å². The number of hydrogen-bond acceptors (Lipinski definition) is 4. The first-order valence-electron chi connectivity index (χ1n) is 6.99. The second-order valence-corrected chi connectivity index (χ2v) is 5.00. The molecule has 1 N–H and O–H groups in total. The van der Waals surface area contributed by atoms with Crippen LogP contribution < -0.4 is 5.32 Å². The van der Waals surface area contributed by atoms with Crippen molar-refractivity contribution in [1.82, 2.24) is 10.2 Å². The molecular formula is C13H24N2O3. The number of ether oxygens (including phenoxy) is 2. The summed E-state index contributed by atoms with van der Waals surface area (Å²) in [6, 6.07) is 0.687. The van der Waals surface area contributed by atoms with Crippen LogP contribution in [0.1, 0.15) is 26.7 Å². The van der Waals surface area contributed by atoms with Crippen LogP contribution >= 0.6 is 0 Å². The Balaban J connectivity index is 1.99. The molecule has 104 valence electrons. The normalized spacial score (nSPS) is 33.4. The van der Waals surface area contributed by atoms with E-state index in [1.54, 1.807) is 0 Å². The SMILES string of the molecule is CCC1CN(C(=O)C2COCCO2)C(CC)CN1. The third kappa shape index (κ3) is 3.02. The number of hydrogen-bond donors (Lipinski definition) is 1. The second kappa shape index (κ2) is 6.50. The van der Waals surface area contributed by atoms with Crippen LogP contribution in [0, 0.1) is 0 Å². The third-order valence-corrected chi connectivity index (χ3v) is 3.84. The molecule has 0 bridgehead atoms. The highest BCUT2D eigenvalue weighted by atomic mass is 16.6. The predicted molar refractivity (Wildman–Crippen MR) is 68.4 cm³/mol. The number of carbonyl (C=O) groups excluding carboxylic acids is 1. The Morgan fingerprint density at radius 3 is 2.78 bits per heavy atom. The van der Waals surface area contributed by atoms with E-state index in [9.17, 15) is 4.79 Å². The first-order chi connectivity index (χ1) is 8.76. The summed E-state index contributed by atoms with van der Waals surface area (Å²) in [6.07, 6.45) is 1.62. The molecule has 2 aliphatic heterocycles. The summed E-state index contributed by atoms with van der Waals surface area (Å²) in [7, 11) is 0. The van der Waals surface area contributed by atoms with E-state index < -0.39 is 6.10 Å². The van der Waals surface area contributed by atoms with Gasteiger partial charge in [0.05, 0.1) is 19.8 Å². The van der Waals surface area contributed by atoms with Gasteiger partial charge in [0.15, 0.2) is 6.10 Å². The van der Waals surface area contributed by atoms with Gasteiger partial charge in [-0.1, -0.05) is 13.8 Å². The van der Waals surface area contributed by atoms with Gasteiger partial charge in [-0.25, -0.2) is 0 Å². The van der Waals surface area contributed by atoms with Gasteiger partial charge in [-0.15, -0.1) is 0 Å². The van der Waals surface area contributed by atoms with Gasteiger partial charge in [0.25, 0.3) is 5.91 Å². The van der Waals surface area contributed by atoms with Gasteiger partial charge in [0, 0.05) is 25.2 Å². The second-order valence-electron chi connectivity index (χ2n) is 5.00. The highest BCUT2D eigenvalue weighted by Gasteiger charge is 2.34. The lowest BCUT2D eigenvalue weighted by atomic mass is 10.0. The summed E-state index contributed by atoms with van der Waals surface area (Å²) in [5.74, 6) is 0.0986. The Hall–Kier alpha value is -0.650. The largest absolute Gasteiger partial charge is 0.376 e. The van der Waals surface area contributed by atoms with Crippen LogP contribution in [0.4, 0.5) is 0 Å². The lowest BCUT2D eigenvalue weighted by Crippen LogP contribution is -2.60. The van der Waals surface area contributed by atoms with Gasteiger partial charge < -0.3 is 19.7 Å². The Bertz CT molecular complexity index is 279. The van der Waals surface area contributed by atoms with Crippen LogP contribution in [0.5, 0.6) is 0 Å². The van der Waals surface area contributed by atoms with E-state index in [0.29, 0.717) is 25.9 Å². The highest BCUT2D eigenvalue weighted by Crippen LogP contribution is 2.15. The van der Waals surface area contributed by atoms with Gasteiger partial charge >= 0.3 is 0 Å². The van der Waals surface area contributed by atoms with Gasteiger partial charge in [-0.3, -0.25) is 4.79 Å². The molecule has 0 aromatic rings. The van der Waals surface area contributed by atoms with Crippen molar-refractivity contribution < 1.29 is 14.3 Å². The number of nitrogens with one attached hydrogen (secondary N) is 1. The van der Waals surface area contributed by atoms with E-state index in [1.807, 2.05) is 4.90 Å². The van der Waals surface area contributed by atoms with Crippen molar-refractivity contribution in [2.75, 3.05) is 32.9 Å². The number of rotatable bonds is 3. The molecule has 2 rings (SSSR count). The van der Waals surface area contributed by atoms with Crippen LogP contribution in [-0.4, -0.2) is 61.9 Å². The number of nitrogens with zero attached hydrogens (tertiary/aromatic N) is 1. The smallest absolute Gasteiger partial charge is 0.254 e. The Labute approximate surface area is 109 Å². The fourth-order valence-electron chi connectivity index (χ4n) is 2.59. The van der Waals surface area contributed by atoms with Crippen molar-refractivity contribution in [3.8, 4) is 0 Å². The quantitative estimate of drug-likeness (QED) is 0.793. The molecule has 0 aromatic heterocycles. The fraction of sp³-hybridized carbons (Fsp3) is 0.923. The first kappa shape index (κ1) is 13.8. The van der Waals surface area contributed by atoms with Crippen LogP contribution in [-0.2, 0) is 14.3 Å². The van der Waals surface area contributed by atoms with Crippen molar-refractivity contribution in [1.29, 1.82) is 0 Å². The Morgan fingerprint density at radius 1 is 1.33 bits per heavy atom. The molecule has 1 amide bonds. The van der Waals surface area contributed by atoms with E-state index in [2.05, 4.69) is 19.2 Å². The highest BCUT2D eigenvalue weighted by molar-refractivity contribution is 5.81. The van der Waals surface area contributed by atoms with Crippen molar-refractivity contribution in [2.24, 2.45) is 0 Å². The van der Waals surface area contributed by atoms with Gasteiger partial charge in [0.2, 0.25) is 0 Å². The zero-order chi connectivity index (χ0) is 13.0. The molecule has 0 aromatic carbocycles. The molecule has 2 aliphatic rings. The molecule has 18 heavy (non-hydrogen) atoms. The average molecular weight is 256 g/mol. The van der Waals surface area contributed by atoms with Crippen LogP contribution in [0.2, 0.25) is 0 Å². The molecule has 2 saturated heterocycles. The zero-order valence-corrected chi connectivity index (χ0v) is 11.4. The summed E-state index contributed by atoms with van der Waals surface area (Å²) in [5, 5.41) is 3.49. The molecule has 3 atom stereocenters. The first-order valence-corrected chi connectivity index (χ1v) is 6.99. The van der Waals surface area contributed by atoms with Crippen molar-refractivity contribution in [2.45, 2.75) is 44.9 Å². The molecule has 5 heteroatoms. The maximum absolute atomic E-state index is 12.5. The van der Waals surface area contributed by atoms with E-state index in [-0.39, 0.29) is 11.9 Å². The minimum absolute atomic E-state index is 0.0986. The molecule has 0 aliphatic carbocycles. The summed E-state index contributed by atoms with van der Waals surface area (Å²) in [5.41, 5.74) is 0. The third-order valence-electron chi connectivity index (χ3n) is 3.84. The minimum atomic E-state index is -0.400. The predicted octanol–water partition coefficient (Wildman–Crippen LogP) is 0.391.